The summed E-state index contributed by atoms with van der Waals surface area (Å²) in [6, 6.07) is 5.53. The molecule has 2 N–H and O–H groups in total. The average molecular weight is 326 g/mol. The molecule has 4 rings (SSSR count). The molecular formula is C17H18N4O3. The predicted molar refractivity (Wildman–Crippen MR) is 88.6 cm³/mol. The number of benzene rings is 1. The van der Waals surface area contributed by atoms with Gasteiger partial charge in [0.15, 0.2) is 0 Å². The van der Waals surface area contributed by atoms with Gasteiger partial charge in [-0.05, 0) is 12.1 Å². The Labute approximate surface area is 138 Å². The Morgan fingerprint density at radius 3 is 2.96 bits per heavy atom. The minimum Gasteiger partial charge on any atom is -0.497 e. The zero-order valence-corrected chi connectivity index (χ0v) is 13.5. The first-order valence-corrected chi connectivity index (χ1v) is 7.73. The summed E-state index contributed by atoms with van der Waals surface area (Å²) in [6.07, 6.45) is 4.46. The molecule has 2 aromatic heterocycles. The molecule has 1 unspecified atom stereocenters. The highest BCUT2D eigenvalue weighted by Crippen LogP contribution is 2.31. The second kappa shape index (κ2) is 5.59. The Morgan fingerprint density at radius 2 is 2.21 bits per heavy atom. The summed E-state index contributed by atoms with van der Waals surface area (Å²) < 4.78 is 12.7. The van der Waals surface area contributed by atoms with Crippen LogP contribution in [0, 0.1) is 0 Å². The van der Waals surface area contributed by atoms with Crippen LogP contribution in [0.25, 0.3) is 10.9 Å². The SMILES string of the molecule is COc1cc(OC)c2[nH]c(C(=O)NC3Cc4nccn4C3)cc2c1. The number of methoxy groups -OCH3 is 2. The third-order valence-corrected chi connectivity index (χ3v) is 4.35. The fourth-order valence-electron chi connectivity index (χ4n) is 3.16. The molecule has 124 valence electrons. The lowest BCUT2D eigenvalue weighted by molar-refractivity contribution is 0.0932. The number of H-pyrrole nitrogens is 1. The second-order valence-electron chi connectivity index (χ2n) is 5.85. The van der Waals surface area contributed by atoms with Crippen LogP contribution < -0.4 is 14.8 Å². The Bertz CT molecular complexity index is 891. The van der Waals surface area contributed by atoms with Gasteiger partial charge in [-0.15, -0.1) is 0 Å². The first-order valence-electron chi connectivity index (χ1n) is 7.73. The highest BCUT2D eigenvalue weighted by atomic mass is 16.5. The molecule has 1 aromatic carbocycles. The fraction of sp³-hybridized carbons (Fsp3) is 0.294. The Kier molecular flexibility index (Phi) is 3.41. The number of nitrogens with one attached hydrogen (secondary N) is 2. The van der Waals surface area contributed by atoms with Gasteiger partial charge in [0.25, 0.3) is 5.91 Å². The number of amides is 1. The summed E-state index contributed by atoms with van der Waals surface area (Å²) in [5.74, 6) is 2.20. The van der Waals surface area contributed by atoms with E-state index in [1.807, 2.05) is 18.3 Å². The van der Waals surface area contributed by atoms with Crippen molar-refractivity contribution in [3.05, 3.63) is 42.1 Å². The third kappa shape index (κ3) is 2.38. The van der Waals surface area contributed by atoms with Gasteiger partial charge in [0, 0.05) is 36.8 Å². The van der Waals surface area contributed by atoms with E-state index in [0.29, 0.717) is 17.2 Å². The number of aromatic nitrogens is 3. The molecule has 1 atom stereocenters. The van der Waals surface area contributed by atoms with Gasteiger partial charge in [0.1, 0.15) is 23.0 Å². The van der Waals surface area contributed by atoms with Crippen LogP contribution in [-0.2, 0) is 13.0 Å². The van der Waals surface area contributed by atoms with Crippen molar-refractivity contribution in [2.45, 2.75) is 19.0 Å². The molecule has 1 aliphatic heterocycles. The molecule has 0 fully saturated rings. The lowest BCUT2D eigenvalue weighted by Gasteiger charge is -2.10. The summed E-state index contributed by atoms with van der Waals surface area (Å²) in [6.45, 7) is 0.748. The maximum Gasteiger partial charge on any atom is 0.268 e. The largest absolute Gasteiger partial charge is 0.497 e. The van der Waals surface area contributed by atoms with Gasteiger partial charge >= 0.3 is 0 Å². The van der Waals surface area contributed by atoms with Gasteiger partial charge in [0.05, 0.1) is 25.8 Å². The van der Waals surface area contributed by atoms with Crippen LogP contribution in [0.3, 0.4) is 0 Å². The van der Waals surface area contributed by atoms with Gasteiger partial charge in [-0.1, -0.05) is 0 Å². The van der Waals surface area contributed by atoms with Crippen LogP contribution >= 0.6 is 0 Å². The Balaban J connectivity index is 1.57. The standard InChI is InChI=1S/C17H18N4O3/c1-23-12-5-10-6-13(20-16(10)14(8-12)24-2)17(22)19-11-7-15-18-3-4-21(15)9-11/h3-6,8,11,20H,7,9H2,1-2H3,(H,19,22). The van der Waals surface area contributed by atoms with Gasteiger partial charge < -0.3 is 24.3 Å². The molecule has 0 bridgehead atoms. The van der Waals surface area contributed by atoms with Crippen molar-refractivity contribution >= 4 is 16.8 Å². The number of hydrogen-bond acceptors (Lipinski definition) is 4. The molecular weight excluding hydrogens is 308 g/mol. The number of rotatable bonds is 4. The number of carbonyl (C=O) groups excluding carboxylic acids is 1. The topological polar surface area (TPSA) is 81.2 Å². The van der Waals surface area contributed by atoms with E-state index in [4.69, 9.17) is 9.47 Å². The molecule has 1 amide bonds. The monoisotopic (exact) mass is 326 g/mol. The number of ether oxygens (including phenoxy) is 2. The van der Waals surface area contributed by atoms with Gasteiger partial charge in [-0.25, -0.2) is 4.98 Å². The first kappa shape index (κ1) is 14.6. The zero-order valence-electron chi connectivity index (χ0n) is 13.5. The van der Waals surface area contributed by atoms with Crippen LogP contribution in [0.4, 0.5) is 0 Å². The van der Waals surface area contributed by atoms with E-state index in [9.17, 15) is 4.79 Å². The van der Waals surface area contributed by atoms with E-state index in [1.54, 1.807) is 26.5 Å². The minimum atomic E-state index is -0.136. The van der Waals surface area contributed by atoms with Gasteiger partial charge in [0.2, 0.25) is 0 Å². The van der Waals surface area contributed by atoms with Crippen molar-refractivity contribution < 1.29 is 14.3 Å². The molecule has 24 heavy (non-hydrogen) atoms. The Hall–Kier alpha value is -2.96. The molecule has 3 aromatic rings. The second-order valence-corrected chi connectivity index (χ2v) is 5.85. The van der Waals surface area contributed by atoms with Crippen LogP contribution in [0.15, 0.2) is 30.6 Å². The van der Waals surface area contributed by atoms with E-state index in [2.05, 4.69) is 19.9 Å². The summed E-state index contributed by atoms with van der Waals surface area (Å²) in [5.41, 5.74) is 1.28. The average Bonchev–Trinajstić information content (AvgIpc) is 3.27. The van der Waals surface area contributed by atoms with Crippen LogP contribution in [0.5, 0.6) is 11.5 Å². The molecule has 1 aliphatic rings. The van der Waals surface area contributed by atoms with E-state index in [0.717, 1.165) is 29.7 Å². The number of aromatic amines is 1. The van der Waals surface area contributed by atoms with Crippen molar-refractivity contribution in [1.82, 2.24) is 19.9 Å². The maximum atomic E-state index is 12.6. The lowest BCUT2D eigenvalue weighted by Crippen LogP contribution is -2.36. The van der Waals surface area contributed by atoms with Crippen molar-refractivity contribution in [3.63, 3.8) is 0 Å². The van der Waals surface area contributed by atoms with Crippen molar-refractivity contribution in [2.24, 2.45) is 0 Å². The molecule has 0 spiro atoms. The molecule has 0 saturated heterocycles. The summed E-state index contributed by atoms with van der Waals surface area (Å²) in [5, 5.41) is 3.92. The molecule has 0 aliphatic carbocycles. The number of imidazole rings is 1. The number of carbonyl (C=O) groups is 1. The van der Waals surface area contributed by atoms with E-state index in [-0.39, 0.29) is 11.9 Å². The lowest BCUT2D eigenvalue weighted by atomic mass is 10.2. The van der Waals surface area contributed by atoms with Crippen molar-refractivity contribution in [1.29, 1.82) is 0 Å². The normalized spacial score (nSPS) is 16.2. The molecule has 0 radical (unpaired) electrons. The summed E-state index contributed by atoms with van der Waals surface area (Å²) >= 11 is 0. The zero-order chi connectivity index (χ0) is 16.7. The first-order chi connectivity index (χ1) is 11.7. The molecule has 7 heteroatoms. The van der Waals surface area contributed by atoms with Gasteiger partial charge in [-0.2, -0.15) is 0 Å². The van der Waals surface area contributed by atoms with E-state index in [1.165, 1.54) is 0 Å². The van der Waals surface area contributed by atoms with Crippen molar-refractivity contribution in [3.8, 4) is 11.5 Å². The smallest absolute Gasteiger partial charge is 0.268 e. The van der Waals surface area contributed by atoms with E-state index >= 15 is 0 Å². The highest BCUT2D eigenvalue weighted by Gasteiger charge is 2.24. The molecule has 0 saturated carbocycles. The summed E-state index contributed by atoms with van der Waals surface area (Å²) in [7, 11) is 3.19. The maximum absolute atomic E-state index is 12.6. The Morgan fingerprint density at radius 1 is 1.33 bits per heavy atom. The van der Waals surface area contributed by atoms with Gasteiger partial charge in [-0.3, -0.25) is 4.79 Å². The number of nitrogens with zero attached hydrogens (tertiary/aromatic N) is 2. The van der Waals surface area contributed by atoms with E-state index < -0.39 is 0 Å². The van der Waals surface area contributed by atoms with Crippen LogP contribution in [-0.4, -0.2) is 40.7 Å². The summed E-state index contributed by atoms with van der Waals surface area (Å²) in [4.78, 5) is 20.0. The van der Waals surface area contributed by atoms with Crippen molar-refractivity contribution in [2.75, 3.05) is 14.2 Å². The van der Waals surface area contributed by atoms with Crippen LogP contribution in [0.1, 0.15) is 16.3 Å². The number of fused-ring (bicyclic) bond motifs is 2. The fourth-order valence-corrected chi connectivity index (χ4v) is 3.16. The quantitative estimate of drug-likeness (QED) is 0.765. The molecule has 3 heterocycles. The number of hydrogen-bond donors (Lipinski definition) is 2. The minimum absolute atomic E-state index is 0.0593. The van der Waals surface area contributed by atoms with Crippen LogP contribution in [0.2, 0.25) is 0 Å². The molecule has 7 nitrogen and oxygen atoms in total. The predicted octanol–water partition coefficient (Wildman–Crippen LogP) is 1.74. The third-order valence-electron chi connectivity index (χ3n) is 4.35. The highest BCUT2D eigenvalue weighted by molar-refractivity contribution is 6.00.